The minimum atomic E-state index is -0.267. The maximum absolute atomic E-state index is 12.2. The first kappa shape index (κ1) is 14.2. The quantitative estimate of drug-likeness (QED) is 0.927. The molecule has 2 aromatic heterocycles. The fourth-order valence-electron chi connectivity index (χ4n) is 2.16. The molecule has 1 unspecified atom stereocenters. The van der Waals surface area contributed by atoms with Crippen LogP contribution in [0.3, 0.4) is 0 Å². The first-order valence-corrected chi connectivity index (χ1v) is 6.68. The lowest BCUT2D eigenvalue weighted by Gasteiger charge is -2.15. The molecular weight excluding hydrogens is 252 g/mol. The highest BCUT2D eigenvalue weighted by Crippen LogP contribution is 2.10. The normalized spacial score (nSPS) is 12.2. The van der Waals surface area contributed by atoms with Crippen molar-refractivity contribution in [1.29, 1.82) is 0 Å². The smallest absolute Gasteiger partial charge is 0.243 e. The van der Waals surface area contributed by atoms with Crippen LogP contribution in [0.25, 0.3) is 0 Å². The molecule has 0 spiro atoms. The number of pyridine rings is 1. The second kappa shape index (κ2) is 5.86. The Morgan fingerprint density at radius 3 is 2.70 bits per heavy atom. The van der Waals surface area contributed by atoms with Gasteiger partial charge in [-0.3, -0.25) is 9.78 Å². The molecule has 2 rings (SSSR count). The number of imidazole rings is 1. The van der Waals surface area contributed by atoms with Crippen molar-refractivity contribution < 1.29 is 4.79 Å². The lowest BCUT2D eigenvalue weighted by molar-refractivity contribution is -0.124. The highest BCUT2D eigenvalue weighted by Gasteiger charge is 2.16. The van der Waals surface area contributed by atoms with Crippen LogP contribution < -0.4 is 5.32 Å². The van der Waals surface area contributed by atoms with Crippen LogP contribution in [-0.4, -0.2) is 20.4 Å². The molecule has 2 aromatic rings. The SMILES string of the molecule is Cc1cc(C)c(CNC(=O)C(C)n2ccnc2C)cn1. The Labute approximate surface area is 119 Å². The maximum atomic E-state index is 12.2. The minimum absolute atomic E-state index is 0.0222. The van der Waals surface area contributed by atoms with E-state index >= 15 is 0 Å². The molecule has 0 fully saturated rings. The second-order valence-electron chi connectivity index (χ2n) is 5.03. The summed E-state index contributed by atoms with van der Waals surface area (Å²) in [6, 6.07) is 1.75. The number of aryl methyl sites for hydroxylation is 3. The topological polar surface area (TPSA) is 59.8 Å². The van der Waals surface area contributed by atoms with Gasteiger partial charge in [0.2, 0.25) is 5.91 Å². The molecule has 1 N–H and O–H groups in total. The molecule has 5 heteroatoms. The molecule has 106 valence electrons. The molecule has 1 atom stereocenters. The molecule has 0 radical (unpaired) electrons. The lowest BCUT2D eigenvalue weighted by Crippen LogP contribution is -2.31. The van der Waals surface area contributed by atoms with Gasteiger partial charge in [-0.15, -0.1) is 0 Å². The largest absolute Gasteiger partial charge is 0.350 e. The number of amides is 1. The zero-order chi connectivity index (χ0) is 14.7. The van der Waals surface area contributed by atoms with Gasteiger partial charge in [-0.1, -0.05) is 0 Å². The van der Waals surface area contributed by atoms with Crippen molar-refractivity contribution in [3.8, 4) is 0 Å². The van der Waals surface area contributed by atoms with Crippen LogP contribution in [0.5, 0.6) is 0 Å². The number of carbonyl (C=O) groups excluding carboxylic acids is 1. The van der Waals surface area contributed by atoms with Crippen LogP contribution in [0.2, 0.25) is 0 Å². The predicted octanol–water partition coefficient (Wildman–Crippen LogP) is 2.08. The summed E-state index contributed by atoms with van der Waals surface area (Å²) in [7, 11) is 0. The molecule has 5 nitrogen and oxygen atoms in total. The summed E-state index contributed by atoms with van der Waals surface area (Å²) in [5, 5.41) is 2.95. The average Bonchev–Trinajstić information content (AvgIpc) is 2.82. The van der Waals surface area contributed by atoms with Gasteiger partial charge in [0.05, 0.1) is 0 Å². The van der Waals surface area contributed by atoms with E-state index in [1.807, 2.05) is 50.7 Å². The molecular formula is C15H20N4O. The van der Waals surface area contributed by atoms with Gasteiger partial charge in [0.1, 0.15) is 11.9 Å². The zero-order valence-electron chi connectivity index (χ0n) is 12.3. The molecule has 0 aliphatic rings. The minimum Gasteiger partial charge on any atom is -0.350 e. The van der Waals surface area contributed by atoms with E-state index in [4.69, 9.17) is 0 Å². The van der Waals surface area contributed by atoms with Gasteiger partial charge in [0, 0.05) is 30.8 Å². The fraction of sp³-hybridized carbons (Fsp3) is 0.400. The second-order valence-corrected chi connectivity index (χ2v) is 5.03. The number of aromatic nitrogens is 3. The highest BCUT2D eigenvalue weighted by atomic mass is 16.2. The van der Waals surface area contributed by atoms with Crippen molar-refractivity contribution in [1.82, 2.24) is 19.9 Å². The van der Waals surface area contributed by atoms with Crippen LogP contribution in [0.15, 0.2) is 24.7 Å². The van der Waals surface area contributed by atoms with E-state index in [9.17, 15) is 4.79 Å². The van der Waals surface area contributed by atoms with E-state index in [-0.39, 0.29) is 11.9 Å². The standard InChI is InChI=1S/C15H20N4O/c1-10-7-11(2)17-8-14(10)9-18-15(20)12(3)19-6-5-16-13(19)4/h5-8,12H,9H2,1-4H3,(H,18,20). The van der Waals surface area contributed by atoms with Gasteiger partial charge in [0.15, 0.2) is 0 Å². The molecule has 0 aliphatic carbocycles. The molecule has 0 bridgehead atoms. The summed E-state index contributed by atoms with van der Waals surface area (Å²) in [6.07, 6.45) is 5.34. The van der Waals surface area contributed by atoms with E-state index in [0.717, 1.165) is 22.6 Å². The van der Waals surface area contributed by atoms with Gasteiger partial charge >= 0.3 is 0 Å². The Kier molecular flexibility index (Phi) is 4.17. The van der Waals surface area contributed by atoms with Crippen molar-refractivity contribution in [2.75, 3.05) is 0 Å². The van der Waals surface area contributed by atoms with Crippen molar-refractivity contribution in [3.05, 3.63) is 47.3 Å². The van der Waals surface area contributed by atoms with E-state index in [2.05, 4.69) is 15.3 Å². The van der Waals surface area contributed by atoms with Gasteiger partial charge in [-0.05, 0) is 44.9 Å². The first-order valence-electron chi connectivity index (χ1n) is 6.68. The van der Waals surface area contributed by atoms with Crippen molar-refractivity contribution in [2.45, 2.75) is 40.3 Å². The molecule has 0 saturated heterocycles. The van der Waals surface area contributed by atoms with Crippen LogP contribution in [0.4, 0.5) is 0 Å². The predicted molar refractivity (Wildman–Crippen MR) is 77.2 cm³/mol. The summed E-state index contributed by atoms with van der Waals surface area (Å²) in [4.78, 5) is 20.6. The Morgan fingerprint density at radius 1 is 1.35 bits per heavy atom. The zero-order valence-corrected chi connectivity index (χ0v) is 12.3. The van der Waals surface area contributed by atoms with Gasteiger partial charge in [-0.25, -0.2) is 4.98 Å². The van der Waals surface area contributed by atoms with E-state index in [1.54, 1.807) is 6.20 Å². The van der Waals surface area contributed by atoms with Gasteiger partial charge in [-0.2, -0.15) is 0 Å². The number of carbonyl (C=O) groups is 1. The third kappa shape index (κ3) is 3.04. The molecule has 1 amide bonds. The van der Waals surface area contributed by atoms with Crippen molar-refractivity contribution in [3.63, 3.8) is 0 Å². The number of nitrogens with one attached hydrogen (secondary N) is 1. The number of hydrogen-bond acceptors (Lipinski definition) is 3. The molecule has 2 heterocycles. The van der Waals surface area contributed by atoms with Crippen molar-refractivity contribution in [2.24, 2.45) is 0 Å². The highest BCUT2D eigenvalue weighted by molar-refractivity contribution is 5.79. The van der Waals surface area contributed by atoms with Crippen LogP contribution in [0, 0.1) is 20.8 Å². The number of hydrogen-bond donors (Lipinski definition) is 1. The maximum Gasteiger partial charge on any atom is 0.243 e. The Balaban J connectivity index is 2.00. The molecule has 0 saturated carbocycles. The molecule has 0 aliphatic heterocycles. The number of nitrogens with zero attached hydrogens (tertiary/aromatic N) is 3. The molecule has 20 heavy (non-hydrogen) atoms. The summed E-state index contributed by atoms with van der Waals surface area (Å²) in [5.41, 5.74) is 3.17. The van der Waals surface area contributed by atoms with E-state index in [1.165, 1.54) is 0 Å². The van der Waals surface area contributed by atoms with Crippen LogP contribution >= 0.6 is 0 Å². The Bertz CT molecular complexity index is 618. The van der Waals surface area contributed by atoms with E-state index < -0.39 is 0 Å². The van der Waals surface area contributed by atoms with Gasteiger partial charge in [0.25, 0.3) is 0 Å². The van der Waals surface area contributed by atoms with E-state index in [0.29, 0.717) is 6.54 Å². The number of rotatable bonds is 4. The molecule has 0 aromatic carbocycles. The summed E-state index contributed by atoms with van der Waals surface area (Å²) >= 11 is 0. The van der Waals surface area contributed by atoms with Gasteiger partial charge < -0.3 is 9.88 Å². The first-order chi connectivity index (χ1) is 9.49. The Morgan fingerprint density at radius 2 is 2.10 bits per heavy atom. The summed E-state index contributed by atoms with van der Waals surface area (Å²) in [6.45, 7) is 8.23. The summed E-state index contributed by atoms with van der Waals surface area (Å²) in [5.74, 6) is 0.812. The van der Waals surface area contributed by atoms with Crippen molar-refractivity contribution >= 4 is 5.91 Å². The summed E-state index contributed by atoms with van der Waals surface area (Å²) < 4.78 is 1.86. The fourth-order valence-corrected chi connectivity index (χ4v) is 2.16. The average molecular weight is 272 g/mol. The monoisotopic (exact) mass is 272 g/mol. The third-order valence-corrected chi connectivity index (χ3v) is 3.47. The van der Waals surface area contributed by atoms with Crippen LogP contribution in [-0.2, 0) is 11.3 Å². The Hall–Kier alpha value is -2.17. The third-order valence-electron chi connectivity index (χ3n) is 3.47. The van der Waals surface area contributed by atoms with Crippen LogP contribution in [0.1, 0.15) is 35.6 Å². The lowest BCUT2D eigenvalue weighted by atomic mass is 10.1.